The number of halogens is 2. The van der Waals surface area contributed by atoms with E-state index in [4.69, 9.17) is 23.2 Å². The van der Waals surface area contributed by atoms with Gasteiger partial charge in [0.1, 0.15) is 6.04 Å². The first kappa shape index (κ1) is 23.7. The van der Waals surface area contributed by atoms with Crippen molar-refractivity contribution in [3.8, 4) is 0 Å². The molecule has 1 saturated carbocycles. The standard InChI is InChI=1S/C27H31Cl2N3O2/c1-17(18-5-3-2-4-6-18)24(25(33)30-23-16-32-13-9-19(23)10-14-32)31-26(34)27(11-12-27)21-8-7-20(28)15-22(21)29/h2-8,15,17,19,23-24H,9-14,16H2,1H3,(H,30,33)(H,31,34)/t17-,23?,24?/m0/s1. The van der Waals surface area contributed by atoms with Crippen LogP contribution in [-0.2, 0) is 15.0 Å². The number of fused-ring (bicyclic) bond motifs is 3. The summed E-state index contributed by atoms with van der Waals surface area (Å²) >= 11 is 12.6. The number of piperidine rings is 3. The summed E-state index contributed by atoms with van der Waals surface area (Å²) in [6, 6.07) is 14.6. The Morgan fingerprint density at radius 3 is 2.35 bits per heavy atom. The largest absolute Gasteiger partial charge is 0.350 e. The fourth-order valence-electron chi connectivity index (χ4n) is 5.67. The minimum atomic E-state index is -0.702. The van der Waals surface area contributed by atoms with Gasteiger partial charge in [0.15, 0.2) is 0 Å². The van der Waals surface area contributed by atoms with Gasteiger partial charge in [-0.15, -0.1) is 0 Å². The second-order valence-corrected chi connectivity index (χ2v) is 11.0. The van der Waals surface area contributed by atoms with Gasteiger partial charge in [-0.05, 0) is 68.0 Å². The molecule has 3 aliphatic heterocycles. The van der Waals surface area contributed by atoms with Crippen molar-refractivity contribution in [3.63, 3.8) is 0 Å². The molecule has 3 heterocycles. The summed E-state index contributed by atoms with van der Waals surface area (Å²) < 4.78 is 0. The van der Waals surface area contributed by atoms with Crippen LogP contribution in [0.5, 0.6) is 0 Å². The molecule has 3 atom stereocenters. The van der Waals surface area contributed by atoms with E-state index in [9.17, 15) is 9.59 Å². The Morgan fingerprint density at radius 2 is 1.76 bits per heavy atom. The Labute approximate surface area is 211 Å². The molecule has 2 unspecified atom stereocenters. The third-order valence-corrected chi connectivity index (χ3v) is 8.56. The molecule has 3 saturated heterocycles. The van der Waals surface area contributed by atoms with Crippen LogP contribution >= 0.6 is 23.2 Å². The Balaban J connectivity index is 1.38. The van der Waals surface area contributed by atoms with Crippen molar-refractivity contribution in [2.75, 3.05) is 19.6 Å². The van der Waals surface area contributed by atoms with Crippen molar-refractivity contribution in [1.29, 1.82) is 0 Å². The molecule has 0 radical (unpaired) electrons. The summed E-state index contributed by atoms with van der Waals surface area (Å²) in [5.74, 6) is 0.0812. The zero-order valence-electron chi connectivity index (χ0n) is 19.4. The van der Waals surface area contributed by atoms with E-state index in [1.54, 1.807) is 12.1 Å². The minimum absolute atomic E-state index is 0.110. The topological polar surface area (TPSA) is 61.4 Å². The van der Waals surface area contributed by atoms with E-state index in [0.29, 0.717) is 28.8 Å². The average molecular weight is 500 g/mol. The lowest BCUT2D eigenvalue weighted by Crippen LogP contribution is -2.61. The maximum Gasteiger partial charge on any atom is 0.243 e. The molecule has 2 bridgehead atoms. The molecule has 2 aromatic rings. The fourth-order valence-corrected chi connectivity index (χ4v) is 6.26. The van der Waals surface area contributed by atoms with Gasteiger partial charge < -0.3 is 15.5 Å². The van der Waals surface area contributed by atoms with E-state index < -0.39 is 11.5 Å². The van der Waals surface area contributed by atoms with Gasteiger partial charge in [0.2, 0.25) is 11.8 Å². The number of hydrogen-bond donors (Lipinski definition) is 2. The van der Waals surface area contributed by atoms with Gasteiger partial charge in [-0.25, -0.2) is 0 Å². The Bertz CT molecular complexity index is 1060. The highest BCUT2D eigenvalue weighted by atomic mass is 35.5. The molecular weight excluding hydrogens is 469 g/mol. The predicted molar refractivity (Wildman–Crippen MR) is 135 cm³/mol. The molecule has 4 aliphatic rings. The number of rotatable bonds is 7. The quantitative estimate of drug-likeness (QED) is 0.588. The fraction of sp³-hybridized carbons (Fsp3) is 0.481. The van der Waals surface area contributed by atoms with Crippen LogP contribution in [0.15, 0.2) is 48.5 Å². The SMILES string of the molecule is C[C@@H](c1ccccc1)C(NC(=O)C1(c2ccc(Cl)cc2Cl)CC1)C(=O)NC1CN2CCC1CC2. The van der Waals surface area contributed by atoms with Crippen molar-refractivity contribution >= 4 is 35.0 Å². The van der Waals surface area contributed by atoms with Gasteiger partial charge in [0.25, 0.3) is 0 Å². The highest BCUT2D eigenvalue weighted by molar-refractivity contribution is 6.35. The van der Waals surface area contributed by atoms with Crippen molar-refractivity contribution in [2.45, 2.75) is 56.0 Å². The molecule has 1 aliphatic carbocycles. The number of amides is 2. The second-order valence-electron chi connectivity index (χ2n) is 10.1. The predicted octanol–water partition coefficient (Wildman–Crippen LogP) is 4.52. The summed E-state index contributed by atoms with van der Waals surface area (Å²) in [4.78, 5) is 29.7. The van der Waals surface area contributed by atoms with Crippen LogP contribution < -0.4 is 10.6 Å². The highest BCUT2D eigenvalue weighted by Gasteiger charge is 2.53. The van der Waals surface area contributed by atoms with Crippen LogP contribution in [0.25, 0.3) is 0 Å². The number of benzene rings is 2. The summed E-state index contributed by atoms with van der Waals surface area (Å²) in [6.07, 6.45) is 3.64. The van der Waals surface area contributed by atoms with E-state index in [1.165, 1.54) is 0 Å². The van der Waals surface area contributed by atoms with Crippen molar-refractivity contribution in [1.82, 2.24) is 15.5 Å². The van der Waals surface area contributed by atoms with Gasteiger partial charge >= 0.3 is 0 Å². The van der Waals surface area contributed by atoms with Crippen LogP contribution in [0, 0.1) is 5.92 Å². The second kappa shape index (κ2) is 9.52. The van der Waals surface area contributed by atoms with Crippen LogP contribution in [0.4, 0.5) is 0 Å². The van der Waals surface area contributed by atoms with Gasteiger partial charge in [0.05, 0.1) is 5.41 Å². The van der Waals surface area contributed by atoms with Crippen LogP contribution in [-0.4, -0.2) is 48.4 Å². The first-order valence-electron chi connectivity index (χ1n) is 12.2. The minimum Gasteiger partial charge on any atom is -0.350 e. The number of hydrogen-bond acceptors (Lipinski definition) is 3. The van der Waals surface area contributed by atoms with Crippen LogP contribution in [0.1, 0.15) is 49.7 Å². The van der Waals surface area contributed by atoms with Gasteiger partial charge in [-0.1, -0.05) is 66.5 Å². The zero-order chi connectivity index (χ0) is 23.9. The van der Waals surface area contributed by atoms with Gasteiger partial charge in [-0.3, -0.25) is 9.59 Å². The van der Waals surface area contributed by atoms with Crippen LogP contribution in [0.2, 0.25) is 10.0 Å². The number of nitrogens with one attached hydrogen (secondary N) is 2. The summed E-state index contributed by atoms with van der Waals surface area (Å²) in [5, 5.41) is 7.46. The summed E-state index contributed by atoms with van der Waals surface area (Å²) in [6.45, 7) is 5.12. The molecule has 34 heavy (non-hydrogen) atoms. The lowest BCUT2D eigenvalue weighted by molar-refractivity contribution is -0.131. The summed E-state index contributed by atoms with van der Waals surface area (Å²) in [7, 11) is 0. The van der Waals surface area contributed by atoms with E-state index in [-0.39, 0.29) is 23.8 Å². The molecule has 6 rings (SSSR count). The maximum absolute atomic E-state index is 13.6. The molecule has 0 spiro atoms. The average Bonchev–Trinajstić information content (AvgIpc) is 3.65. The normalized spacial score (nSPS) is 26.4. The zero-order valence-corrected chi connectivity index (χ0v) is 20.9. The third-order valence-electron chi connectivity index (χ3n) is 8.01. The molecule has 2 N–H and O–H groups in total. The van der Waals surface area contributed by atoms with Crippen LogP contribution in [0.3, 0.4) is 0 Å². The van der Waals surface area contributed by atoms with Crippen molar-refractivity contribution < 1.29 is 9.59 Å². The molecule has 2 aromatic carbocycles. The first-order chi connectivity index (χ1) is 16.4. The number of carbonyl (C=O) groups excluding carboxylic acids is 2. The van der Waals surface area contributed by atoms with Gasteiger partial charge in [0, 0.05) is 28.5 Å². The van der Waals surface area contributed by atoms with Crippen molar-refractivity contribution in [2.24, 2.45) is 5.92 Å². The monoisotopic (exact) mass is 499 g/mol. The molecule has 5 nitrogen and oxygen atoms in total. The Kier molecular flexibility index (Phi) is 6.62. The Hall–Kier alpha value is -2.08. The molecule has 7 heteroatoms. The van der Waals surface area contributed by atoms with E-state index in [2.05, 4.69) is 15.5 Å². The lowest BCUT2D eigenvalue weighted by atomic mass is 9.83. The van der Waals surface area contributed by atoms with Gasteiger partial charge in [-0.2, -0.15) is 0 Å². The summed E-state index contributed by atoms with van der Waals surface area (Å²) in [5.41, 5.74) is 1.10. The highest BCUT2D eigenvalue weighted by Crippen LogP contribution is 2.51. The number of nitrogens with zero attached hydrogens (tertiary/aromatic N) is 1. The van der Waals surface area contributed by atoms with E-state index in [0.717, 1.165) is 43.6 Å². The molecule has 2 amide bonds. The molecular formula is C27H31Cl2N3O2. The smallest absolute Gasteiger partial charge is 0.243 e. The molecule has 4 fully saturated rings. The maximum atomic E-state index is 13.6. The lowest BCUT2D eigenvalue weighted by Gasteiger charge is -2.45. The molecule has 0 aromatic heterocycles. The third kappa shape index (κ3) is 4.58. The van der Waals surface area contributed by atoms with E-state index >= 15 is 0 Å². The molecule has 180 valence electrons. The van der Waals surface area contributed by atoms with Crippen molar-refractivity contribution in [3.05, 3.63) is 69.7 Å². The number of carbonyl (C=O) groups is 2. The Morgan fingerprint density at radius 1 is 1.06 bits per heavy atom. The van der Waals surface area contributed by atoms with E-state index in [1.807, 2.05) is 43.3 Å². The first-order valence-corrected chi connectivity index (χ1v) is 13.0.